The lowest BCUT2D eigenvalue weighted by atomic mass is 10.1. The van der Waals surface area contributed by atoms with E-state index < -0.39 is 10.0 Å². The Morgan fingerprint density at radius 1 is 1.12 bits per heavy atom. The highest BCUT2D eigenvalue weighted by Crippen LogP contribution is 2.42. The van der Waals surface area contributed by atoms with Crippen molar-refractivity contribution < 1.29 is 8.42 Å². The first kappa shape index (κ1) is 21.2. The van der Waals surface area contributed by atoms with Crippen LogP contribution in [0.3, 0.4) is 0 Å². The number of nitrogens with one attached hydrogen (secondary N) is 2. The molecule has 0 atom stereocenters. The van der Waals surface area contributed by atoms with Crippen LogP contribution in [0.1, 0.15) is 5.56 Å². The Balaban J connectivity index is 1.27. The normalized spacial score (nSPS) is 12.8. The standard InChI is InChI=1S/C22H19N7O2S2/c1-33(30,31)27-13-25-17-5-3-16(4-6-17)19-12-29(14-26-19)11-15-2-7-20-18(10-15)28-21-22(32-20)24-9-8-23-21/h2-10,12-14H,11H2,1H3,(H,23,28)(H,25,27). The molecule has 0 radical (unpaired) electrons. The average molecular weight is 478 g/mol. The molecular weight excluding hydrogens is 458 g/mol. The monoisotopic (exact) mass is 477 g/mol. The molecule has 0 bridgehead atoms. The van der Waals surface area contributed by atoms with E-state index in [-0.39, 0.29) is 0 Å². The molecule has 0 aliphatic carbocycles. The first-order valence-corrected chi connectivity index (χ1v) is 12.6. The van der Waals surface area contributed by atoms with Gasteiger partial charge in [0, 0.05) is 41.3 Å². The fraction of sp³-hybridized carbons (Fsp3) is 0.0909. The Kier molecular flexibility index (Phi) is 5.56. The number of nitrogens with zero attached hydrogens (tertiary/aromatic N) is 5. The van der Waals surface area contributed by atoms with Crippen LogP contribution >= 0.6 is 11.8 Å². The van der Waals surface area contributed by atoms with Gasteiger partial charge in [-0.2, -0.15) is 4.40 Å². The molecule has 3 heterocycles. The van der Waals surface area contributed by atoms with Crippen molar-refractivity contribution in [1.29, 1.82) is 0 Å². The predicted octanol–water partition coefficient (Wildman–Crippen LogP) is 4.00. The van der Waals surface area contributed by atoms with Crippen LogP contribution in [-0.4, -0.2) is 40.5 Å². The zero-order chi connectivity index (χ0) is 22.8. The maximum absolute atomic E-state index is 11.1. The van der Waals surface area contributed by atoms with Gasteiger partial charge in [0.2, 0.25) is 0 Å². The second kappa shape index (κ2) is 8.68. The summed E-state index contributed by atoms with van der Waals surface area (Å²) in [5.41, 5.74) is 4.70. The van der Waals surface area contributed by atoms with Gasteiger partial charge in [0.15, 0.2) is 5.82 Å². The van der Waals surface area contributed by atoms with Crippen LogP contribution in [-0.2, 0) is 16.6 Å². The highest BCUT2D eigenvalue weighted by atomic mass is 32.2. The minimum absolute atomic E-state index is 0.682. The van der Waals surface area contributed by atoms with E-state index in [9.17, 15) is 8.42 Å². The summed E-state index contributed by atoms with van der Waals surface area (Å²) in [6, 6.07) is 13.8. The third-order valence-corrected chi connectivity index (χ3v) is 6.38. The average Bonchev–Trinajstić information content (AvgIpc) is 3.26. The summed E-state index contributed by atoms with van der Waals surface area (Å²) >= 11 is 1.61. The highest BCUT2D eigenvalue weighted by molar-refractivity contribution is 7.99. The van der Waals surface area contributed by atoms with Gasteiger partial charge in [0.25, 0.3) is 10.0 Å². The van der Waals surface area contributed by atoms with Crippen LogP contribution in [0.15, 0.2) is 81.7 Å². The lowest BCUT2D eigenvalue weighted by Crippen LogP contribution is -2.05. The van der Waals surface area contributed by atoms with E-state index in [2.05, 4.69) is 48.2 Å². The second-order valence-electron chi connectivity index (χ2n) is 7.39. The van der Waals surface area contributed by atoms with Gasteiger partial charge in [0.05, 0.1) is 24.0 Å². The Morgan fingerprint density at radius 2 is 1.94 bits per heavy atom. The summed E-state index contributed by atoms with van der Waals surface area (Å²) in [4.78, 5) is 14.4. The molecule has 0 saturated carbocycles. The van der Waals surface area contributed by atoms with Crippen molar-refractivity contribution in [3.8, 4) is 11.3 Å². The lowest BCUT2D eigenvalue weighted by molar-refractivity contribution is 0.604. The molecule has 2 aromatic carbocycles. The van der Waals surface area contributed by atoms with E-state index in [1.807, 2.05) is 41.4 Å². The summed E-state index contributed by atoms with van der Waals surface area (Å²) in [7, 11) is -3.40. The zero-order valence-electron chi connectivity index (χ0n) is 17.5. The summed E-state index contributed by atoms with van der Waals surface area (Å²) < 4.78 is 27.6. The summed E-state index contributed by atoms with van der Waals surface area (Å²) in [6.45, 7) is 0.682. The first-order chi connectivity index (χ1) is 15.9. The molecule has 11 heteroatoms. The molecule has 9 nitrogen and oxygen atoms in total. The molecule has 0 unspecified atom stereocenters. The Hall–Kier alpha value is -3.70. The minimum Gasteiger partial charge on any atom is -0.346 e. The molecule has 0 spiro atoms. The Bertz CT molecular complexity index is 1450. The van der Waals surface area contributed by atoms with Crippen molar-refractivity contribution in [2.75, 3.05) is 16.9 Å². The molecule has 5 rings (SSSR count). The van der Waals surface area contributed by atoms with Gasteiger partial charge in [-0.25, -0.2) is 23.4 Å². The SMILES string of the molecule is CS(=O)(=O)N=CNc1ccc(-c2cn(Cc3ccc4c(c3)Nc3nccnc3S4)cn2)cc1. The van der Waals surface area contributed by atoms with Gasteiger partial charge in [-0.05, 0) is 29.8 Å². The van der Waals surface area contributed by atoms with Crippen LogP contribution in [0.2, 0.25) is 0 Å². The van der Waals surface area contributed by atoms with Crippen LogP contribution in [0.25, 0.3) is 11.3 Å². The molecule has 0 saturated heterocycles. The number of hydrogen-bond acceptors (Lipinski definition) is 7. The maximum atomic E-state index is 11.1. The summed E-state index contributed by atoms with van der Waals surface area (Å²) in [5.74, 6) is 0.776. The van der Waals surface area contributed by atoms with Crippen LogP contribution < -0.4 is 10.6 Å². The molecule has 4 aromatic rings. The van der Waals surface area contributed by atoms with Gasteiger partial charge in [-0.15, -0.1) is 0 Å². The van der Waals surface area contributed by atoms with Gasteiger partial charge in [0.1, 0.15) is 11.4 Å². The van der Waals surface area contributed by atoms with Gasteiger partial charge < -0.3 is 15.2 Å². The van der Waals surface area contributed by atoms with Crippen molar-refractivity contribution in [3.05, 3.63) is 72.9 Å². The number of benzene rings is 2. The minimum atomic E-state index is -3.40. The van der Waals surface area contributed by atoms with E-state index >= 15 is 0 Å². The number of rotatable bonds is 6. The smallest absolute Gasteiger partial charge is 0.251 e. The molecule has 0 amide bonds. The zero-order valence-corrected chi connectivity index (χ0v) is 19.1. The van der Waals surface area contributed by atoms with Crippen molar-refractivity contribution >= 4 is 45.3 Å². The fourth-order valence-corrected chi connectivity index (χ4v) is 4.44. The molecular formula is C22H19N7O2S2. The molecule has 0 fully saturated rings. The molecule has 33 heavy (non-hydrogen) atoms. The summed E-state index contributed by atoms with van der Waals surface area (Å²) in [5, 5.41) is 7.07. The van der Waals surface area contributed by atoms with Gasteiger partial charge in [-0.1, -0.05) is 30.0 Å². The van der Waals surface area contributed by atoms with Crippen molar-refractivity contribution in [2.45, 2.75) is 16.5 Å². The van der Waals surface area contributed by atoms with E-state index in [1.165, 1.54) is 0 Å². The van der Waals surface area contributed by atoms with E-state index in [4.69, 9.17) is 0 Å². The molecule has 1 aliphatic heterocycles. The maximum Gasteiger partial charge on any atom is 0.251 e. The highest BCUT2D eigenvalue weighted by Gasteiger charge is 2.17. The third-order valence-electron chi connectivity index (χ3n) is 4.82. The number of anilines is 3. The second-order valence-corrected chi connectivity index (χ2v) is 10.1. The Labute approximate surface area is 195 Å². The van der Waals surface area contributed by atoms with Crippen LogP contribution in [0, 0.1) is 0 Å². The lowest BCUT2D eigenvalue weighted by Gasteiger charge is -2.19. The largest absolute Gasteiger partial charge is 0.346 e. The van der Waals surface area contributed by atoms with Crippen molar-refractivity contribution in [3.63, 3.8) is 0 Å². The van der Waals surface area contributed by atoms with Crippen molar-refractivity contribution in [2.24, 2.45) is 4.40 Å². The number of fused-ring (bicyclic) bond motifs is 2. The van der Waals surface area contributed by atoms with Gasteiger partial charge in [-0.3, -0.25) is 0 Å². The third kappa shape index (κ3) is 5.04. The quantitative estimate of drug-likeness (QED) is 0.279. The number of aromatic nitrogens is 4. The van der Waals surface area contributed by atoms with Crippen molar-refractivity contribution in [1.82, 2.24) is 19.5 Å². The van der Waals surface area contributed by atoms with Crippen LogP contribution in [0.5, 0.6) is 0 Å². The predicted molar refractivity (Wildman–Crippen MR) is 130 cm³/mol. The number of hydrogen-bond donors (Lipinski definition) is 2. The van der Waals surface area contributed by atoms with Gasteiger partial charge >= 0.3 is 0 Å². The van der Waals surface area contributed by atoms with Crippen LogP contribution in [0.4, 0.5) is 17.2 Å². The molecule has 2 N–H and O–H groups in total. The molecule has 166 valence electrons. The van der Waals surface area contributed by atoms with E-state index in [0.29, 0.717) is 6.54 Å². The topological polar surface area (TPSA) is 114 Å². The Morgan fingerprint density at radius 3 is 2.76 bits per heavy atom. The number of sulfonamides is 1. The van der Waals surface area contributed by atoms with E-state index in [1.54, 1.807) is 24.2 Å². The fourth-order valence-electron chi connectivity index (χ4n) is 3.32. The molecule has 1 aliphatic rings. The number of imidazole rings is 1. The van der Waals surface area contributed by atoms with E-state index in [0.717, 1.165) is 56.5 Å². The summed E-state index contributed by atoms with van der Waals surface area (Å²) in [6.07, 6.45) is 9.38. The molecule has 2 aromatic heterocycles. The first-order valence-electron chi connectivity index (χ1n) is 9.94.